The molecule has 2 N–H and O–H groups in total. The van der Waals surface area contributed by atoms with Gasteiger partial charge in [-0.1, -0.05) is 30.3 Å². The molecule has 2 heterocycles. The zero-order chi connectivity index (χ0) is 25.3. The van der Waals surface area contributed by atoms with Crippen LogP contribution in [0.25, 0.3) is 10.9 Å². The van der Waals surface area contributed by atoms with Crippen LogP contribution in [0, 0.1) is 0 Å². The molecule has 1 saturated carbocycles. The fraction of sp³-hybridized carbons (Fsp3) is 0.346. The van der Waals surface area contributed by atoms with Crippen molar-refractivity contribution >= 4 is 34.1 Å². The summed E-state index contributed by atoms with van der Waals surface area (Å²) in [7, 11) is 0. The highest BCUT2D eigenvalue weighted by Gasteiger charge is 2.34. The summed E-state index contributed by atoms with van der Waals surface area (Å²) >= 11 is 0. The van der Waals surface area contributed by atoms with Crippen LogP contribution in [-0.4, -0.2) is 42.0 Å². The third-order valence-electron chi connectivity index (χ3n) is 6.52. The number of carbonyl (C=O) groups excluding carboxylic acids is 2. The SMILES string of the molecule is O=C(CN1C(=O)COc2ccccc21)N[C@@H]1CCC[C@H](Nc2cc(C(F)(F)F)nc3ccccc23)C1. The Morgan fingerprint density at radius 1 is 1.08 bits per heavy atom. The van der Waals surface area contributed by atoms with E-state index in [-0.39, 0.29) is 42.6 Å². The smallest absolute Gasteiger partial charge is 0.433 e. The summed E-state index contributed by atoms with van der Waals surface area (Å²) in [5, 5.41) is 6.88. The van der Waals surface area contributed by atoms with E-state index in [4.69, 9.17) is 4.74 Å². The van der Waals surface area contributed by atoms with Gasteiger partial charge in [0.05, 0.1) is 11.2 Å². The Labute approximate surface area is 205 Å². The molecule has 1 aromatic heterocycles. The molecule has 0 radical (unpaired) electrons. The maximum Gasteiger partial charge on any atom is 0.433 e. The molecule has 2 atom stereocenters. The molecular weight excluding hydrogens is 473 g/mol. The molecule has 2 amide bonds. The molecule has 0 saturated heterocycles. The lowest BCUT2D eigenvalue weighted by atomic mass is 9.90. The normalized spacial score (nSPS) is 20.0. The third kappa shape index (κ3) is 5.07. The monoisotopic (exact) mass is 498 g/mol. The van der Waals surface area contributed by atoms with Crippen LogP contribution in [0.5, 0.6) is 5.75 Å². The highest BCUT2D eigenvalue weighted by atomic mass is 19.4. The van der Waals surface area contributed by atoms with Crippen molar-refractivity contribution in [3.63, 3.8) is 0 Å². The number of hydrogen-bond donors (Lipinski definition) is 2. The lowest BCUT2D eigenvalue weighted by Crippen LogP contribution is -2.49. The van der Waals surface area contributed by atoms with Gasteiger partial charge in [-0.3, -0.25) is 14.5 Å². The first-order chi connectivity index (χ1) is 17.3. The van der Waals surface area contributed by atoms with E-state index in [1.54, 1.807) is 48.5 Å². The van der Waals surface area contributed by atoms with E-state index in [1.165, 1.54) is 4.90 Å². The highest BCUT2D eigenvalue weighted by molar-refractivity contribution is 6.02. The number of alkyl halides is 3. The average Bonchev–Trinajstić information content (AvgIpc) is 2.85. The van der Waals surface area contributed by atoms with Crippen molar-refractivity contribution < 1.29 is 27.5 Å². The number of hydrogen-bond acceptors (Lipinski definition) is 5. The minimum atomic E-state index is -4.56. The van der Waals surface area contributed by atoms with Crippen LogP contribution < -0.4 is 20.3 Å². The van der Waals surface area contributed by atoms with E-state index >= 15 is 0 Å². The van der Waals surface area contributed by atoms with E-state index in [0.29, 0.717) is 28.9 Å². The minimum Gasteiger partial charge on any atom is -0.482 e. The number of nitrogens with zero attached hydrogens (tertiary/aromatic N) is 2. The number of amides is 2. The Kier molecular flexibility index (Phi) is 6.42. The summed E-state index contributed by atoms with van der Waals surface area (Å²) in [4.78, 5) is 30.4. The molecule has 10 heteroatoms. The number of fused-ring (bicyclic) bond motifs is 2. The fourth-order valence-corrected chi connectivity index (χ4v) is 4.86. The summed E-state index contributed by atoms with van der Waals surface area (Å²) in [5.41, 5.74) is 0.253. The molecule has 1 fully saturated rings. The summed E-state index contributed by atoms with van der Waals surface area (Å²) in [6.45, 7) is -0.253. The van der Waals surface area contributed by atoms with Crippen molar-refractivity contribution in [2.75, 3.05) is 23.4 Å². The van der Waals surface area contributed by atoms with Crippen LogP contribution in [0.3, 0.4) is 0 Å². The van der Waals surface area contributed by atoms with Crippen molar-refractivity contribution in [2.24, 2.45) is 0 Å². The van der Waals surface area contributed by atoms with Crippen LogP contribution in [0.4, 0.5) is 24.5 Å². The Bertz CT molecular complexity index is 1300. The molecule has 2 aliphatic rings. The van der Waals surface area contributed by atoms with Crippen LogP contribution >= 0.6 is 0 Å². The van der Waals surface area contributed by atoms with Crippen LogP contribution in [0.2, 0.25) is 0 Å². The summed E-state index contributed by atoms with van der Waals surface area (Å²) in [6, 6.07) is 14.5. The van der Waals surface area contributed by atoms with E-state index in [9.17, 15) is 22.8 Å². The van der Waals surface area contributed by atoms with Gasteiger partial charge in [0.25, 0.3) is 5.91 Å². The summed E-state index contributed by atoms with van der Waals surface area (Å²) in [6.07, 6.45) is -1.68. The van der Waals surface area contributed by atoms with Gasteiger partial charge in [0, 0.05) is 23.2 Å². The standard InChI is InChI=1S/C26H25F3N4O3/c27-26(28,29)23-13-20(18-8-1-2-9-19(18)32-23)30-16-6-5-7-17(12-16)31-24(34)14-33-21-10-3-4-11-22(21)36-15-25(33)35/h1-4,8-11,13,16-17H,5-7,12,14-15H2,(H,30,32)(H,31,34)/t16-,17+/m0/s1. The van der Waals surface area contributed by atoms with Gasteiger partial charge in [-0.2, -0.15) is 13.2 Å². The molecule has 5 rings (SSSR count). The number of ether oxygens (including phenoxy) is 1. The molecule has 36 heavy (non-hydrogen) atoms. The van der Waals surface area contributed by atoms with E-state index < -0.39 is 11.9 Å². The first-order valence-electron chi connectivity index (χ1n) is 11.8. The second kappa shape index (κ2) is 9.67. The van der Waals surface area contributed by atoms with Crippen molar-refractivity contribution in [1.82, 2.24) is 10.3 Å². The van der Waals surface area contributed by atoms with Crippen molar-refractivity contribution in [1.29, 1.82) is 0 Å². The second-order valence-electron chi connectivity index (χ2n) is 9.08. The molecule has 2 aromatic carbocycles. The van der Waals surface area contributed by atoms with E-state index in [2.05, 4.69) is 15.6 Å². The molecule has 188 valence electrons. The molecule has 0 unspecified atom stereocenters. The molecule has 0 bridgehead atoms. The number of carbonyl (C=O) groups is 2. The molecular formula is C26H25F3N4O3. The number of para-hydroxylation sites is 3. The van der Waals surface area contributed by atoms with Gasteiger partial charge in [-0.15, -0.1) is 0 Å². The molecule has 7 nitrogen and oxygen atoms in total. The van der Waals surface area contributed by atoms with Gasteiger partial charge in [0.1, 0.15) is 18.0 Å². The zero-order valence-corrected chi connectivity index (χ0v) is 19.3. The summed E-state index contributed by atoms with van der Waals surface area (Å²) < 4.78 is 45.7. The van der Waals surface area contributed by atoms with Gasteiger partial charge in [-0.05, 0) is 49.9 Å². The fourth-order valence-electron chi connectivity index (χ4n) is 4.86. The number of halogens is 3. The van der Waals surface area contributed by atoms with Crippen LogP contribution in [0.15, 0.2) is 54.6 Å². The number of pyridine rings is 1. The van der Waals surface area contributed by atoms with Gasteiger partial charge < -0.3 is 15.4 Å². The highest BCUT2D eigenvalue weighted by Crippen LogP contribution is 2.35. The minimum absolute atomic E-state index is 0.123. The number of nitrogens with one attached hydrogen (secondary N) is 2. The number of rotatable bonds is 5. The van der Waals surface area contributed by atoms with Crippen molar-refractivity contribution in [2.45, 2.75) is 43.9 Å². The predicted molar refractivity (Wildman–Crippen MR) is 129 cm³/mol. The Balaban J connectivity index is 1.26. The van der Waals surface area contributed by atoms with Gasteiger partial charge in [-0.25, -0.2) is 4.98 Å². The van der Waals surface area contributed by atoms with Crippen molar-refractivity contribution in [3.05, 3.63) is 60.3 Å². The van der Waals surface area contributed by atoms with Gasteiger partial charge in [0.15, 0.2) is 6.61 Å². The van der Waals surface area contributed by atoms with E-state index in [0.717, 1.165) is 25.3 Å². The number of aromatic nitrogens is 1. The molecule has 1 aliphatic heterocycles. The maximum atomic E-state index is 13.4. The first kappa shape index (κ1) is 23.9. The maximum absolute atomic E-state index is 13.4. The summed E-state index contributed by atoms with van der Waals surface area (Å²) in [5.74, 6) is -0.0360. The van der Waals surface area contributed by atoms with Crippen molar-refractivity contribution in [3.8, 4) is 5.75 Å². The van der Waals surface area contributed by atoms with Gasteiger partial charge in [0.2, 0.25) is 5.91 Å². The lowest BCUT2D eigenvalue weighted by Gasteiger charge is -2.33. The average molecular weight is 499 g/mol. The number of anilines is 2. The zero-order valence-electron chi connectivity index (χ0n) is 19.3. The number of benzene rings is 2. The Hall–Kier alpha value is -3.82. The van der Waals surface area contributed by atoms with Crippen LogP contribution in [-0.2, 0) is 15.8 Å². The van der Waals surface area contributed by atoms with Gasteiger partial charge >= 0.3 is 6.18 Å². The molecule has 0 spiro atoms. The predicted octanol–water partition coefficient (Wildman–Crippen LogP) is 4.52. The third-order valence-corrected chi connectivity index (χ3v) is 6.52. The molecule has 1 aliphatic carbocycles. The topological polar surface area (TPSA) is 83.6 Å². The first-order valence-corrected chi connectivity index (χ1v) is 11.8. The Morgan fingerprint density at radius 3 is 2.67 bits per heavy atom. The Morgan fingerprint density at radius 2 is 1.83 bits per heavy atom. The molecule has 3 aromatic rings. The van der Waals surface area contributed by atoms with Crippen LogP contribution in [0.1, 0.15) is 31.4 Å². The second-order valence-corrected chi connectivity index (χ2v) is 9.08. The lowest BCUT2D eigenvalue weighted by molar-refractivity contribution is -0.141. The largest absolute Gasteiger partial charge is 0.482 e. The van der Waals surface area contributed by atoms with E-state index in [1.807, 2.05) is 0 Å². The quantitative estimate of drug-likeness (QED) is 0.541.